The molecular weight excluding hydrogens is 252 g/mol. The van der Waals surface area contributed by atoms with Crippen molar-refractivity contribution in [3.05, 3.63) is 11.9 Å². The minimum Gasteiger partial charge on any atom is -0.393 e. The highest BCUT2D eigenvalue weighted by atomic mass is 16.3. The molecule has 1 fully saturated rings. The van der Waals surface area contributed by atoms with Crippen molar-refractivity contribution in [2.75, 3.05) is 29.9 Å². The van der Waals surface area contributed by atoms with Gasteiger partial charge in [-0.15, -0.1) is 0 Å². The third kappa shape index (κ3) is 3.82. The molecule has 1 atom stereocenters. The number of hydrogen-bond acceptors (Lipinski definition) is 5. The molecule has 1 aliphatic rings. The van der Waals surface area contributed by atoms with E-state index in [1.165, 1.54) is 0 Å². The van der Waals surface area contributed by atoms with Crippen LogP contribution < -0.4 is 10.2 Å². The molecule has 0 spiro atoms. The predicted octanol–water partition coefficient (Wildman–Crippen LogP) is 2.20. The highest BCUT2D eigenvalue weighted by Gasteiger charge is 2.23. The van der Waals surface area contributed by atoms with E-state index in [9.17, 15) is 5.11 Å². The largest absolute Gasteiger partial charge is 0.393 e. The van der Waals surface area contributed by atoms with Gasteiger partial charge in [-0.1, -0.05) is 6.92 Å². The maximum absolute atomic E-state index is 9.67. The molecule has 1 unspecified atom stereocenters. The van der Waals surface area contributed by atoms with E-state index in [1.807, 2.05) is 19.9 Å². The quantitative estimate of drug-likeness (QED) is 0.864. The van der Waals surface area contributed by atoms with Crippen LogP contribution in [-0.2, 0) is 0 Å². The number of nitrogens with one attached hydrogen (secondary N) is 1. The molecule has 2 heterocycles. The third-order valence-electron chi connectivity index (χ3n) is 3.93. The Morgan fingerprint density at radius 3 is 2.70 bits per heavy atom. The van der Waals surface area contributed by atoms with Crippen molar-refractivity contribution < 1.29 is 5.11 Å². The summed E-state index contributed by atoms with van der Waals surface area (Å²) in [6.07, 6.45) is 2.93. The van der Waals surface area contributed by atoms with Crippen LogP contribution >= 0.6 is 0 Å². The summed E-state index contributed by atoms with van der Waals surface area (Å²) in [5, 5.41) is 13.0. The lowest BCUT2D eigenvalue weighted by Gasteiger charge is -2.34. The maximum atomic E-state index is 9.67. The Morgan fingerprint density at radius 1 is 1.40 bits per heavy atom. The molecule has 1 aromatic rings. The molecule has 112 valence electrons. The molecule has 1 aliphatic heterocycles. The Hall–Kier alpha value is -1.36. The van der Waals surface area contributed by atoms with E-state index in [0.29, 0.717) is 5.92 Å². The molecule has 2 N–H and O–H groups in total. The Balaban J connectivity index is 2.03. The van der Waals surface area contributed by atoms with Crippen LogP contribution in [0, 0.1) is 12.8 Å². The number of nitrogens with zero attached hydrogens (tertiary/aromatic N) is 3. The Morgan fingerprint density at radius 2 is 2.10 bits per heavy atom. The van der Waals surface area contributed by atoms with Crippen molar-refractivity contribution in [2.24, 2.45) is 5.92 Å². The van der Waals surface area contributed by atoms with Gasteiger partial charge in [0, 0.05) is 25.7 Å². The summed E-state index contributed by atoms with van der Waals surface area (Å²) in [4.78, 5) is 11.3. The number of anilines is 2. The van der Waals surface area contributed by atoms with Gasteiger partial charge in [-0.2, -0.15) is 0 Å². The van der Waals surface area contributed by atoms with Crippen LogP contribution in [-0.4, -0.2) is 40.8 Å². The lowest BCUT2D eigenvalue weighted by molar-refractivity contribution is 0.110. The highest BCUT2D eigenvalue weighted by molar-refractivity contribution is 5.49. The zero-order valence-electron chi connectivity index (χ0n) is 12.8. The Bertz CT molecular complexity index is 428. The monoisotopic (exact) mass is 278 g/mol. The van der Waals surface area contributed by atoms with E-state index in [-0.39, 0.29) is 6.10 Å². The summed E-state index contributed by atoms with van der Waals surface area (Å²) in [7, 11) is 0. The fourth-order valence-corrected chi connectivity index (χ4v) is 2.67. The van der Waals surface area contributed by atoms with E-state index in [4.69, 9.17) is 0 Å². The van der Waals surface area contributed by atoms with Gasteiger partial charge in [0.25, 0.3) is 0 Å². The van der Waals surface area contributed by atoms with Gasteiger partial charge in [0.1, 0.15) is 17.5 Å². The molecular formula is C15H26N4O. The molecule has 5 nitrogen and oxygen atoms in total. The van der Waals surface area contributed by atoms with Gasteiger partial charge in [-0.05, 0) is 39.0 Å². The van der Waals surface area contributed by atoms with Gasteiger partial charge < -0.3 is 15.3 Å². The fourth-order valence-electron chi connectivity index (χ4n) is 2.67. The van der Waals surface area contributed by atoms with Gasteiger partial charge in [0.15, 0.2) is 0 Å². The SMILES string of the molecule is CCCNc1cc(N2CCC(C(C)O)CC2)nc(C)n1. The van der Waals surface area contributed by atoms with Crippen molar-refractivity contribution in [1.82, 2.24) is 9.97 Å². The summed E-state index contributed by atoms with van der Waals surface area (Å²) < 4.78 is 0. The summed E-state index contributed by atoms with van der Waals surface area (Å²) in [5.41, 5.74) is 0. The summed E-state index contributed by atoms with van der Waals surface area (Å²) >= 11 is 0. The van der Waals surface area contributed by atoms with Crippen LogP contribution in [0.4, 0.5) is 11.6 Å². The van der Waals surface area contributed by atoms with E-state index < -0.39 is 0 Å². The van der Waals surface area contributed by atoms with Crippen molar-refractivity contribution in [3.63, 3.8) is 0 Å². The first-order chi connectivity index (χ1) is 9.60. The molecule has 0 radical (unpaired) electrons. The molecule has 1 aromatic heterocycles. The van der Waals surface area contributed by atoms with Crippen molar-refractivity contribution >= 4 is 11.6 Å². The third-order valence-corrected chi connectivity index (χ3v) is 3.93. The average molecular weight is 278 g/mol. The minimum absolute atomic E-state index is 0.203. The van der Waals surface area contributed by atoms with Crippen LogP contribution in [0.25, 0.3) is 0 Å². The molecule has 5 heteroatoms. The number of aliphatic hydroxyl groups is 1. The topological polar surface area (TPSA) is 61.3 Å². The lowest BCUT2D eigenvalue weighted by Crippen LogP contribution is -2.37. The van der Waals surface area contributed by atoms with Crippen LogP contribution in [0.1, 0.15) is 38.9 Å². The van der Waals surface area contributed by atoms with Crippen molar-refractivity contribution in [3.8, 4) is 0 Å². The van der Waals surface area contributed by atoms with E-state index in [2.05, 4.69) is 27.1 Å². The van der Waals surface area contributed by atoms with Gasteiger partial charge in [0.2, 0.25) is 0 Å². The van der Waals surface area contributed by atoms with Crippen molar-refractivity contribution in [1.29, 1.82) is 0 Å². The van der Waals surface area contributed by atoms with E-state index >= 15 is 0 Å². The molecule has 0 saturated carbocycles. The molecule has 1 saturated heterocycles. The Labute approximate surface area is 121 Å². The molecule has 2 rings (SSSR count). The molecule has 20 heavy (non-hydrogen) atoms. The minimum atomic E-state index is -0.203. The number of aryl methyl sites for hydroxylation is 1. The second-order valence-corrected chi connectivity index (χ2v) is 5.65. The molecule has 0 amide bonds. The normalized spacial score (nSPS) is 18.1. The first-order valence-electron chi connectivity index (χ1n) is 7.62. The van der Waals surface area contributed by atoms with E-state index in [0.717, 1.165) is 56.4 Å². The molecule has 0 aromatic carbocycles. The number of aromatic nitrogens is 2. The van der Waals surface area contributed by atoms with E-state index in [1.54, 1.807) is 0 Å². The molecule has 0 aliphatic carbocycles. The average Bonchev–Trinajstić information content (AvgIpc) is 2.44. The highest BCUT2D eigenvalue weighted by Crippen LogP contribution is 2.25. The van der Waals surface area contributed by atoms with Gasteiger partial charge in [0.05, 0.1) is 6.10 Å². The van der Waals surface area contributed by atoms with Crippen molar-refractivity contribution in [2.45, 2.75) is 46.1 Å². The lowest BCUT2D eigenvalue weighted by atomic mass is 9.92. The summed E-state index contributed by atoms with van der Waals surface area (Å²) in [5.74, 6) is 3.14. The zero-order chi connectivity index (χ0) is 14.5. The summed E-state index contributed by atoms with van der Waals surface area (Å²) in [6.45, 7) is 8.81. The maximum Gasteiger partial charge on any atom is 0.134 e. The second kappa shape index (κ2) is 6.88. The van der Waals surface area contributed by atoms with Gasteiger partial charge in [-0.3, -0.25) is 0 Å². The molecule has 0 bridgehead atoms. The Kier molecular flexibility index (Phi) is 5.17. The number of aliphatic hydroxyl groups excluding tert-OH is 1. The fraction of sp³-hybridized carbons (Fsp3) is 0.733. The first kappa shape index (κ1) is 15.0. The number of hydrogen-bond donors (Lipinski definition) is 2. The number of rotatable bonds is 5. The van der Waals surface area contributed by atoms with Crippen LogP contribution in [0.2, 0.25) is 0 Å². The van der Waals surface area contributed by atoms with Gasteiger partial charge >= 0.3 is 0 Å². The van der Waals surface area contributed by atoms with Gasteiger partial charge in [-0.25, -0.2) is 9.97 Å². The summed E-state index contributed by atoms with van der Waals surface area (Å²) in [6, 6.07) is 2.03. The van der Waals surface area contributed by atoms with Crippen LogP contribution in [0.15, 0.2) is 6.07 Å². The smallest absolute Gasteiger partial charge is 0.134 e. The second-order valence-electron chi connectivity index (χ2n) is 5.65. The number of piperidine rings is 1. The zero-order valence-corrected chi connectivity index (χ0v) is 12.8. The van der Waals surface area contributed by atoms with Crippen LogP contribution in [0.3, 0.4) is 0 Å². The van der Waals surface area contributed by atoms with Crippen LogP contribution in [0.5, 0.6) is 0 Å². The standard InChI is InChI=1S/C15H26N4O/c1-4-7-16-14-10-15(18-12(3)17-14)19-8-5-13(6-9-19)11(2)20/h10-11,13,20H,4-9H2,1-3H3,(H,16,17,18). The first-order valence-corrected chi connectivity index (χ1v) is 7.62. The predicted molar refractivity (Wildman–Crippen MR) is 82.2 cm³/mol.